The van der Waals surface area contributed by atoms with Crippen LogP contribution in [0.5, 0.6) is 0 Å². The monoisotopic (exact) mass is 371 g/mol. The molecule has 1 saturated heterocycles. The van der Waals surface area contributed by atoms with Crippen LogP contribution in [0.4, 0.5) is 24.5 Å². The van der Waals surface area contributed by atoms with Crippen LogP contribution in [0.15, 0.2) is 23.6 Å². The molecule has 2 aromatic rings. The van der Waals surface area contributed by atoms with Crippen molar-refractivity contribution >= 4 is 22.7 Å². The van der Waals surface area contributed by atoms with Gasteiger partial charge in [0.2, 0.25) is 0 Å². The molecule has 1 aromatic heterocycles. The predicted octanol–water partition coefficient (Wildman–Crippen LogP) is 4.76. The summed E-state index contributed by atoms with van der Waals surface area (Å²) < 4.78 is 38.3. The summed E-state index contributed by atoms with van der Waals surface area (Å²) in [7, 11) is 0. The summed E-state index contributed by atoms with van der Waals surface area (Å²) in [5.41, 5.74) is 0.483. The van der Waals surface area contributed by atoms with Crippen molar-refractivity contribution in [2.75, 3.05) is 18.0 Å². The lowest BCUT2D eigenvalue weighted by molar-refractivity contribution is -0.384. The van der Waals surface area contributed by atoms with Crippen LogP contribution in [0, 0.1) is 17.0 Å². The molecule has 9 heteroatoms. The second-order valence-electron chi connectivity index (χ2n) is 6.05. The van der Waals surface area contributed by atoms with E-state index in [0.717, 1.165) is 35.1 Å². The summed E-state index contributed by atoms with van der Waals surface area (Å²) in [5.74, 6) is -0.158. The Morgan fingerprint density at radius 3 is 2.80 bits per heavy atom. The molecule has 5 nitrogen and oxygen atoms in total. The van der Waals surface area contributed by atoms with Crippen LogP contribution in [0.3, 0.4) is 0 Å². The van der Waals surface area contributed by atoms with Crippen molar-refractivity contribution < 1.29 is 18.1 Å². The second-order valence-corrected chi connectivity index (χ2v) is 6.94. The van der Waals surface area contributed by atoms with E-state index in [2.05, 4.69) is 4.98 Å². The van der Waals surface area contributed by atoms with Crippen molar-refractivity contribution in [1.29, 1.82) is 0 Å². The first-order valence-corrected chi connectivity index (χ1v) is 8.67. The quantitative estimate of drug-likeness (QED) is 0.576. The zero-order valence-corrected chi connectivity index (χ0v) is 14.2. The zero-order valence-electron chi connectivity index (χ0n) is 13.4. The molecule has 0 N–H and O–H groups in total. The van der Waals surface area contributed by atoms with Crippen LogP contribution in [0.1, 0.15) is 35.0 Å². The summed E-state index contributed by atoms with van der Waals surface area (Å²) in [5, 5.41) is 12.8. The maximum Gasteiger partial charge on any atom is 0.434 e. The van der Waals surface area contributed by atoms with E-state index in [1.165, 1.54) is 6.07 Å². The second kappa shape index (κ2) is 6.62. The Kier molecular flexibility index (Phi) is 4.68. The van der Waals surface area contributed by atoms with Gasteiger partial charge < -0.3 is 4.90 Å². The van der Waals surface area contributed by atoms with Gasteiger partial charge in [0.05, 0.1) is 9.93 Å². The lowest BCUT2D eigenvalue weighted by Gasteiger charge is -2.34. The number of thiazole rings is 1. The van der Waals surface area contributed by atoms with Gasteiger partial charge in [-0.2, -0.15) is 13.2 Å². The highest BCUT2D eigenvalue weighted by molar-refractivity contribution is 7.09. The Morgan fingerprint density at radius 2 is 2.16 bits per heavy atom. The third-order valence-electron chi connectivity index (χ3n) is 4.31. The molecule has 0 radical (unpaired) electrons. The molecular weight excluding hydrogens is 355 g/mol. The summed E-state index contributed by atoms with van der Waals surface area (Å²) >= 11 is 1.00. The van der Waals surface area contributed by atoms with Crippen LogP contribution in [0.25, 0.3) is 0 Å². The number of aryl methyl sites for hydroxylation is 1. The van der Waals surface area contributed by atoms with E-state index in [4.69, 9.17) is 0 Å². The third kappa shape index (κ3) is 3.60. The molecule has 1 fully saturated rings. The smallest absolute Gasteiger partial charge is 0.365 e. The lowest BCUT2D eigenvalue weighted by atomic mass is 9.97. The average Bonchev–Trinajstić information content (AvgIpc) is 3.05. The van der Waals surface area contributed by atoms with Crippen molar-refractivity contribution in [2.45, 2.75) is 31.9 Å². The number of nitrogens with zero attached hydrogens (tertiary/aromatic N) is 3. The first-order valence-electron chi connectivity index (χ1n) is 7.79. The molecular formula is C16H16F3N3O2S. The average molecular weight is 371 g/mol. The zero-order chi connectivity index (χ0) is 18.2. The van der Waals surface area contributed by atoms with Gasteiger partial charge >= 0.3 is 6.18 Å². The highest BCUT2D eigenvalue weighted by Crippen LogP contribution is 2.39. The van der Waals surface area contributed by atoms with Gasteiger partial charge in [-0.15, -0.1) is 11.3 Å². The van der Waals surface area contributed by atoms with Crippen molar-refractivity contribution in [3.63, 3.8) is 0 Å². The largest absolute Gasteiger partial charge is 0.434 e. The molecule has 3 rings (SSSR count). The van der Waals surface area contributed by atoms with Gasteiger partial charge in [0, 0.05) is 30.5 Å². The van der Waals surface area contributed by atoms with Crippen LogP contribution < -0.4 is 4.90 Å². The van der Waals surface area contributed by atoms with Gasteiger partial charge in [-0.1, -0.05) is 12.1 Å². The van der Waals surface area contributed by atoms with E-state index in [1.54, 1.807) is 19.1 Å². The van der Waals surface area contributed by atoms with Gasteiger partial charge in [0.1, 0.15) is 5.69 Å². The highest BCUT2D eigenvalue weighted by Gasteiger charge is 2.35. The predicted molar refractivity (Wildman–Crippen MR) is 89.1 cm³/mol. The minimum absolute atomic E-state index is 0.0239. The number of hydrogen-bond acceptors (Lipinski definition) is 5. The van der Waals surface area contributed by atoms with E-state index < -0.39 is 16.8 Å². The Balaban J connectivity index is 1.87. The molecule has 134 valence electrons. The molecule has 1 aliphatic heterocycles. The van der Waals surface area contributed by atoms with Crippen LogP contribution >= 0.6 is 11.3 Å². The molecule has 25 heavy (non-hydrogen) atoms. The summed E-state index contributed by atoms with van der Waals surface area (Å²) in [6.07, 6.45) is -2.98. The molecule has 0 spiro atoms. The number of piperidine rings is 1. The molecule has 0 aliphatic carbocycles. The van der Waals surface area contributed by atoms with Crippen LogP contribution in [-0.4, -0.2) is 23.0 Å². The number of anilines is 1. The van der Waals surface area contributed by atoms with E-state index in [0.29, 0.717) is 23.8 Å². The van der Waals surface area contributed by atoms with Gasteiger partial charge in [-0.3, -0.25) is 10.1 Å². The molecule has 1 unspecified atom stereocenters. The number of benzene rings is 1. The maximum absolute atomic E-state index is 12.8. The molecule has 0 saturated carbocycles. The minimum atomic E-state index is -4.45. The molecule has 1 atom stereocenters. The fourth-order valence-electron chi connectivity index (χ4n) is 3.19. The molecule has 0 bridgehead atoms. The summed E-state index contributed by atoms with van der Waals surface area (Å²) in [6.45, 7) is 2.87. The lowest BCUT2D eigenvalue weighted by Crippen LogP contribution is -2.35. The molecule has 0 amide bonds. The van der Waals surface area contributed by atoms with E-state index >= 15 is 0 Å². The number of alkyl halides is 3. The van der Waals surface area contributed by atoms with Crippen molar-refractivity contribution in [3.8, 4) is 0 Å². The van der Waals surface area contributed by atoms with Crippen molar-refractivity contribution in [2.24, 2.45) is 0 Å². The van der Waals surface area contributed by atoms with Crippen molar-refractivity contribution in [3.05, 3.63) is 50.0 Å². The summed E-state index contributed by atoms with van der Waals surface area (Å²) in [4.78, 5) is 16.6. The molecule has 1 aromatic carbocycles. The number of hydrogen-bond donors (Lipinski definition) is 0. The highest BCUT2D eigenvalue weighted by atomic mass is 32.1. The van der Waals surface area contributed by atoms with E-state index in [1.807, 2.05) is 4.90 Å². The number of para-hydroxylation sites is 1. The maximum atomic E-state index is 12.8. The number of aromatic nitrogens is 1. The first-order chi connectivity index (χ1) is 11.8. The van der Waals surface area contributed by atoms with E-state index in [-0.39, 0.29) is 11.6 Å². The number of rotatable bonds is 3. The van der Waals surface area contributed by atoms with Gasteiger partial charge in [-0.05, 0) is 25.3 Å². The Hall–Kier alpha value is -2.16. The van der Waals surface area contributed by atoms with Gasteiger partial charge in [-0.25, -0.2) is 4.98 Å². The standard InChI is InChI=1S/C16H16F3N3O2S/c1-10-4-2-6-12(22(23)24)14(10)21-7-3-5-11(8-21)15-20-13(9-25-15)16(17,18)19/h2,4,6,9,11H,3,5,7-8H2,1H3. The first kappa shape index (κ1) is 17.7. The third-order valence-corrected chi connectivity index (χ3v) is 5.32. The van der Waals surface area contributed by atoms with E-state index in [9.17, 15) is 23.3 Å². The minimum Gasteiger partial charge on any atom is -0.365 e. The van der Waals surface area contributed by atoms with Crippen molar-refractivity contribution in [1.82, 2.24) is 4.98 Å². The fourth-order valence-corrected chi connectivity index (χ4v) is 4.14. The van der Waals surface area contributed by atoms with Crippen LogP contribution in [-0.2, 0) is 6.18 Å². The Morgan fingerprint density at radius 1 is 1.40 bits per heavy atom. The topological polar surface area (TPSA) is 59.3 Å². The molecule has 2 heterocycles. The van der Waals surface area contributed by atoms with Gasteiger partial charge in [0.15, 0.2) is 5.69 Å². The SMILES string of the molecule is Cc1cccc([N+](=O)[O-])c1N1CCCC(c2nc(C(F)(F)F)cs2)C1. The number of halogens is 3. The summed E-state index contributed by atoms with van der Waals surface area (Å²) in [6, 6.07) is 4.89. The Bertz CT molecular complexity index is 791. The normalized spacial score (nSPS) is 18.4. The number of nitro groups is 1. The van der Waals surface area contributed by atoms with Gasteiger partial charge in [0.25, 0.3) is 5.69 Å². The number of nitro benzene ring substituents is 1. The molecule has 1 aliphatic rings. The Labute approximate surface area is 146 Å². The van der Waals surface area contributed by atoms with Crippen LogP contribution in [0.2, 0.25) is 0 Å². The fraction of sp³-hybridized carbons (Fsp3) is 0.438.